The number of aromatic nitrogens is 3. The predicted octanol–water partition coefficient (Wildman–Crippen LogP) is 2.67. The molecule has 0 saturated carbocycles. The average molecular weight is 221 g/mol. The first-order chi connectivity index (χ1) is 6.88. The second-order valence-corrected chi connectivity index (χ2v) is 4.65. The van der Waals surface area contributed by atoms with Crippen molar-refractivity contribution in [3.8, 4) is 0 Å². The van der Waals surface area contributed by atoms with Crippen LogP contribution in [0.2, 0.25) is 0 Å². The van der Waals surface area contributed by atoms with Crippen LogP contribution in [0.5, 0.6) is 0 Å². The van der Waals surface area contributed by atoms with E-state index in [0.29, 0.717) is 0 Å². The molecule has 0 aliphatic heterocycles. The summed E-state index contributed by atoms with van der Waals surface area (Å²) in [5.41, 5.74) is 1.14. The van der Waals surface area contributed by atoms with Gasteiger partial charge in [0.1, 0.15) is 0 Å². The van der Waals surface area contributed by atoms with Gasteiger partial charge in [-0.15, -0.1) is 5.10 Å². The van der Waals surface area contributed by atoms with E-state index in [1.165, 1.54) is 4.70 Å². The molecule has 14 heavy (non-hydrogen) atoms. The van der Waals surface area contributed by atoms with Crippen molar-refractivity contribution in [2.45, 2.75) is 5.16 Å². The molecule has 5 heteroatoms. The maximum Gasteiger partial charge on any atom is 0.214 e. The minimum atomic E-state index is 0.835. The van der Waals surface area contributed by atoms with Gasteiger partial charge in [-0.2, -0.15) is 4.98 Å². The Morgan fingerprint density at radius 3 is 3.07 bits per heavy atom. The van der Waals surface area contributed by atoms with Gasteiger partial charge >= 0.3 is 0 Å². The van der Waals surface area contributed by atoms with Gasteiger partial charge in [-0.1, -0.05) is 35.2 Å². The minimum absolute atomic E-state index is 0.835. The largest absolute Gasteiger partial charge is 0.214 e. The fraction of sp³-hybridized carbons (Fsp3) is 0.111. The van der Waals surface area contributed by atoms with Crippen molar-refractivity contribution in [2.75, 3.05) is 6.26 Å². The summed E-state index contributed by atoms with van der Waals surface area (Å²) in [6, 6.07) is 8.22. The number of nitrogens with zero attached hydrogens (tertiary/aromatic N) is 3. The van der Waals surface area contributed by atoms with Crippen LogP contribution in [0.1, 0.15) is 0 Å². The zero-order valence-corrected chi connectivity index (χ0v) is 9.10. The van der Waals surface area contributed by atoms with E-state index in [-0.39, 0.29) is 0 Å². The predicted molar refractivity (Wildman–Crippen MR) is 60.2 cm³/mol. The fourth-order valence-electron chi connectivity index (χ4n) is 1.41. The van der Waals surface area contributed by atoms with Crippen molar-refractivity contribution in [1.82, 2.24) is 14.6 Å². The van der Waals surface area contributed by atoms with E-state index in [4.69, 9.17) is 0 Å². The maximum atomic E-state index is 4.40. The lowest BCUT2D eigenvalue weighted by molar-refractivity contribution is 0.919. The second-order valence-electron chi connectivity index (χ2n) is 2.86. The Bertz CT molecular complexity index is 596. The molecular weight excluding hydrogens is 214 g/mol. The van der Waals surface area contributed by atoms with Gasteiger partial charge in [0.05, 0.1) is 10.2 Å². The number of rotatable bonds is 1. The molecule has 3 aromatic rings. The number of thiazole rings is 1. The number of hydrogen-bond donors (Lipinski definition) is 0. The first-order valence-electron chi connectivity index (χ1n) is 4.17. The van der Waals surface area contributed by atoms with E-state index < -0.39 is 0 Å². The van der Waals surface area contributed by atoms with Crippen molar-refractivity contribution < 1.29 is 0 Å². The van der Waals surface area contributed by atoms with Crippen LogP contribution >= 0.6 is 23.1 Å². The third kappa shape index (κ3) is 1.06. The molecule has 0 aliphatic carbocycles. The van der Waals surface area contributed by atoms with Crippen LogP contribution in [0.3, 0.4) is 0 Å². The summed E-state index contributed by atoms with van der Waals surface area (Å²) in [6.45, 7) is 0. The summed E-state index contributed by atoms with van der Waals surface area (Å²) < 4.78 is 3.14. The summed E-state index contributed by atoms with van der Waals surface area (Å²) in [4.78, 5) is 5.37. The normalized spacial score (nSPS) is 11.5. The SMILES string of the molecule is CSc1nc2sc3ccccc3n2n1. The van der Waals surface area contributed by atoms with Gasteiger partial charge in [0, 0.05) is 0 Å². The number of fused-ring (bicyclic) bond motifs is 3. The molecule has 3 nitrogen and oxygen atoms in total. The second kappa shape index (κ2) is 2.96. The first kappa shape index (κ1) is 8.26. The van der Waals surface area contributed by atoms with Crippen molar-refractivity contribution >= 4 is 38.3 Å². The molecule has 1 aromatic carbocycles. The first-order valence-corrected chi connectivity index (χ1v) is 6.21. The molecule has 0 N–H and O–H groups in total. The highest BCUT2D eigenvalue weighted by Crippen LogP contribution is 2.25. The standard InChI is InChI=1S/C9H7N3S2/c1-13-8-10-9-12(11-8)6-4-2-3-5-7(6)14-9/h2-5H,1H3. The average Bonchev–Trinajstić information content (AvgIpc) is 2.73. The van der Waals surface area contributed by atoms with E-state index in [1.807, 2.05) is 22.9 Å². The summed E-state index contributed by atoms with van der Waals surface area (Å²) in [6.07, 6.45) is 1.99. The Labute approximate surface area is 88.8 Å². The van der Waals surface area contributed by atoms with Crippen LogP contribution in [0, 0.1) is 0 Å². The van der Waals surface area contributed by atoms with Crippen LogP contribution < -0.4 is 0 Å². The summed E-state index contributed by atoms with van der Waals surface area (Å²) >= 11 is 3.25. The summed E-state index contributed by atoms with van der Waals surface area (Å²) in [7, 11) is 0. The van der Waals surface area contributed by atoms with Gasteiger partial charge in [-0.25, -0.2) is 4.52 Å². The smallest absolute Gasteiger partial charge is 0.202 e. The van der Waals surface area contributed by atoms with E-state index in [9.17, 15) is 0 Å². The molecule has 0 amide bonds. The molecule has 0 radical (unpaired) electrons. The van der Waals surface area contributed by atoms with Gasteiger partial charge in [0.25, 0.3) is 0 Å². The zero-order chi connectivity index (χ0) is 9.54. The molecule has 2 aromatic heterocycles. The molecule has 0 fully saturated rings. The lowest BCUT2D eigenvalue weighted by Gasteiger charge is -1.87. The van der Waals surface area contributed by atoms with Gasteiger partial charge < -0.3 is 0 Å². The molecule has 3 rings (SSSR count). The Morgan fingerprint density at radius 2 is 2.21 bits per heavy atom. The highest BCUT2D eigenvalue weighted by molar-refractivity contribution is 7.98. The van der Waals surface area contributed by atoms with E-state index in [0.717, 1.165) is 15.6 Å². The molecular formula is C9H7N3S2. The Morgan fingerprint density at radius 1 is 1.36 bits per heavy atom. The Balaban J connectivity index is 2.45. The molecule has 0 saturated heterocycles. The van der Waals surface area contributed by atoms with Gasteiger partial charge in [-0.3, -0.25) is 0 Å². The lowest BCUT2D eigenvalue weighted by Crippen LogP contribution is -1.82. The lowest BCUT2D eigenvalue weighted by atomic mass is 10.3. The minimum Gasteiger partial charge on any atom is -0.202 e. The van der Waals surface area contributed by atoms with Gasteiger partial charge in [-0.05, 0) is 18.4 Å². The van der Waals surface area contributed by atoms with Crippen molar-refractivity contribution in [1.29, 1.82) is 0 Å². The Kier molecular flexibility index (Phi) is 1.75. The molecule has 0 bridgehead atoms. The number of thioether (sulfide) groups is 1. The molecule has 0 unspecified atom stereocenters. The number of hydrogen-bond acceptors (Lipinski definition) is 4. The van der Waals surface area contributed by atoms with E-state index >= 15 is 0 Å². The molecule has 0 atom stereocenters. The van der Waals surface area contributed by atoms with Crippen LogP contribution in [-0.4, -0.2) is 20.9 Å². The van der Waals surface area contributed by atoms with Crippen LogP contribution in [0.15, 0.2) is 29.4 Å². The third-order valence-electron chi connectivity index (χ3n) is 2.04. The van der Waals surface area contributed by atoms with Crippen molar-refractivity contribution in [3.05, 3.63) is 24.3 Å². The van der Waals surface area contributed by atoms with Crippen molar-refractivity contribution in [2.24, 2.45) is 0 Å². The van der Waals surface area contributed by atoms with Gasteiger partial charge in [0.2, 0.25) is 10.1 Å². The van der Waals surface area contributed by atoms with Crippen LogP contribution in [0.25, 0.3) is 15.2 Å². The topological polar surface area (TPSA) is 30.2 Å². The zero-order valence-electron chi connectivity index (χ0n) is 7.47. The maximum absolute atomic E-state index is 4.40. The quantitative estimate of drug-likeness (QED) is 0.592. The summed E-state index contributed by atoms with van der Waals surface area (Å²) in [5.74, 6) is 0. The highest BCUT2D eigenvalue weighted by Gasteiger charge is 2.08. The van der Waals surface area contributed by atoms with Crippen LogP contribution in [0.4, 0.5) is 0 Å². The summed E-state index contributed by atoms with van der Waals surface area (Å²) in [5, 5.41) is 5.23. The van der Waals surface area contributed by atoms with Gasteiger partial charge in [0.15, 0.2) is 0 Å². The molecule has 0 aliphatic rings. The Hall–Kier alpha value is -1.07. The monoisotopic (exact) mass is 221 g/mol. The molecule has 0 spiro atoms. The third-order valence-corrected chi connectivity index (χ3v) is 3.59. The van der Waals surface area contributed by atoms with E-state index in [1.54, 1.807) is 23.1 Å². The molecule has 70 valence electrons. The molecule has 2 heterocycles. The van der Waals surface area contributed by atoms with Crippen LogP contribution in [-0.2, 0) is 0 Å². The fourth-order valence-corrected chi connectivity index (χ4v) is 2.77. The number of para-hydroxylation sites is 1. The van der Waals surface area contributed by atoms with E-state index in [2.05, 4.69) is 22.2 Å². The van der Waals surface area contributed by atoms with Crippen molar-refractivity contribution in [3.63, 3.8) is 0 Å². The number of benzene rings is 1. The highest BCUT2D eigenvalue weighted by atomic mass is 32.2.